The van der Waals surface area contributed by atoms with Gasteiger partial charge in [0, 0.05) is 31.4 Å². The van der Waals surface area contributed by atoms with Gasteiger partial charge < -0.3 is 19.9 Å². The Kier molecular flexibility index (Phi) is 7.06. The predicted octanol–water partition coefficient (Wildman–Crippen LogP) is 3.38. The van der Waals surface area contributed by atoms with Gasteiger partial charge >= 0.3 is 6.09 Å². The third-order valence-corrected chi connectivity index (χ3v) is 4.73. The molecule has 0 radical (unpaired) electrons. The summed E-state index contributed by atoms with van der Waals surface area (Å²) in [7, 11) is 1.90. The predicted molar refractivity (Wildman–Crippen MR) is 99.3 cm³/mol. The van der Waals surface area contributed by atoms with Crippen LogP contribution in [0.25, 0.3) is 0 Å². The number of amides is 1. The van der Waals surface area contributed by atoms with Gasteiger partial charge in [-0.25, -0.2) is 4.79 Å². The fourth-order valence-electron chi connectivity index (χ4n) is 2.70. The molecule has 0 aliphatic heterocycles. The summed E-state index contributed by atoms with van der Waals surface area (Å²) >= 11 is 0. The number of hydrogen-bond donors (Lipinski definition) is 2. The Balaban J connectivity index is 2.76. The van der Waals surface area contributed by atoms with Crippen LogP contribution in [0.4, 0.5) is 4.79 Å². The summed E-state index contributed by atoms with van der Waals surface area (Å²) in [4.78, 5) is 12.0. The van der Waals surface area contributed by atoms with Gasteiger partial charge in [-0.15, -0.1) is 0 Å². The highest BCUT2D eigenvalue weighted by Gasteiger charge is 2.27. The molecule has 0 aliphatic carbocycles. The van der Waals surface area contributed by atoms with Crippen LogP contribution in [-0.2, 0) is 18.3 Å². The lowest BCUT2D eigenvalue weighted by atomic mass is 9.92. The number of rotatable bonds is 7. The van der Waals surface area contributed by atoms with Crippen molar-refractivity contribution in [3.63, 3.8) is 0 Å². The Morgan fingerprint density at radius 3 is 2.36 bits per heavy atom. The van der Waals surface area contributed by atoms with Gasteiger partial charge in [-0.3, -0.25) is 0 Å². The molecule has 0 aliphatic rings. The van der Waals surface area contributed by atoms with E-state index in [2.05, 4.69) is 30.6 Å². The zero-order valence-electron chi connectivity index (χ0n) is 16.6. The third kappa shape index (κ3) is 5.79. The van der Waals surface area contributed by atoms with E-state index in [0.717, 1.165) is 24.1 Å². The van der Waals surface area contributed by atoms with Crippen molar-refractivity contribution in [2.45, 2.75) is 72.1 Å². The maximum Gasteiger partial charge on any atom is 0.407 e. The monoisotopic (exact) mass is 348 g/mol. The number of carbonyl (C=O) groups is 1. The molecule has 6 nitrogen and oxygen atoms in total. The number of hydrogen-bond acceptors (Lipinski definition) is 4. The number of ether oxygens (including phenoxy) is 1. The molecule has 0 spiro atoms. The molecule has 1 aromatic rings. The highest BCUT2D eigenvalue weighted by atomic mass is 16.6. The Hall–Kier alpha value is -2.00. The van der Waals surface area contributed by atoms with Gasteiger partial charge in [0.1, 0.15) is 17.4 Å². The zero-order valence-corrected chi connectivity index (χ0v) is 16.6. The summed E-state index contributed by atoms with van der Waals surface area (Å²) in [5.74, 6) is 0. The van der Waals surface area contributed by atoms with Crippen molar-refractivity contribution in [3.05, 3.63) is 23.0 Å². The lowest BCUT2D eigenvalue weighted by Crippen LogP contribution is -2.53. The van der Waals surface area contributed by atoms with E-state index in [1.807, 2.05) is 45.4 Å². The Morgan fingerprint density at radius 2 is 1.92 bits per heavy atom. The molecule has 2 N–H and O–H groups in total. The molecule has 25 heavy (non-hydrogen) atoms. The van der Waals surface area contributed by atoms with E-state index >= 15 is 0 Å². The summed E-state index contributed by atoms with van der Waals surface area (Å²) in [6, 6.07) is 4.12. The third-order valence-electron chi connectivity index (χ3n) is 4.73. The molecule has 0 bridgehead atoms. The first-order chi connectivity index (χ1) is 11.6. The van der Waals surface area contributed by atoms with Crippen molar-refractivity contribution in [2.24, 2.45) is 7.05 Å². The van der Waals surface area contributed by atoms with Crippen molar-refractivity contribution in [2.75, 3.05) is 6.54 Å². The van der Waals surface area contributed by atoms with Crippen LogP contribution in [0.2, 0.25) is 0 Å². The number of nitrogens with zero attached hydrogens (tertiary/aromatic N) is 2. The zero-order chi connectivity index (χ0) is 19.3. The van der Waals surface area contributed by atoms with Gasteiger partial charge in [0.25, 0.3) is 0 Å². The molecule has 0 saturated carbocycles. The van der Waals surface area contributed by atoms with E-state index in [0.29, 0.717) is 18.8 Å². The molecular formula is C19H32N4O2. The van der Waals surface area contributed by atoms with Crippen LogP contribution >= 0.6 is 0 Å². The van der Waals surface area contributed by atoms with E-state index in [1.165, 1.54) is 0 Å². The van der Waals surface area contributed by atoms with Crippen LogP contribution in [-0.4, -0.2) is 28.3 Å². The van der Waals surface area contributed by atoms with Crippen LogP contribution < -0.4 is 10.6 Å². The molecular weight excluding hydrogens is 316 g/mol. The minimum Gasteiger partial charge on any atom is -0.444 e. The molecule has 6 heteroatoms. The molecule has 1 rings (SSSR count). The van der Waals surface area contributed by atoms with E-state index in [1.54, 1.807) is 0 Å². The largest absolute Gasteiger partial charge is 0.444 e. The molecule has 0 fully saturated rings. The van der Waals surface area contributed by atoms with Crippen LogP contribution in [0.3, 0.4) is 0 Å². The van der Waals surface area contributed by atoms with Gasteiger partial charge in [-0.05, 0) is 52.2 Å². The molecule has 1 heterocycles. The first-order valence-corrected chi connectivity index (χ1v) is 8.84. The molecule has 0 saturated heterocycles. The van der Waals surface area contributed by atoms with Crippen molar-refractivity contribution in [3.8, 4) is 6.07 Å². The van der Waals surface area contributed by atoms with Crippen LogP contribution in [0.1, 0.15) is 64.4 Å². The van der Waals surface area contributed by atoms with E-state index in [-0.39, 0.29) is 5.54 Å². The van der Waals surface area contributed by atoms with Crippen molar-refractivity contribution in [1.29, 1.82) is 5.26 Å². The lowest BCUT2D eigenvalue weighted by molar-refractivity contribution is 0.0507. The van der Waals surface area contributed by atoms with Crippen molar-refractivity contribution < 1.29 is 9.53 Å². The SMILES string of the molecule is CCC(CC)(CNC(=O)OC(C)(C)C)NCc1cc(C#N)n(C)c1C. The lowest BCUT2D eigenvalue weighted by Gasteiger charge is -2.34. The van der Waals surface area contributed by atoms with Crippen LogP contribution in [0.15, 0.2) is 6.07 Å². The Morgan fingerprint density at radius 1 is 1.32 bits per heavy atom. The Labute approximate surface area is 151 Å². The average molecular weight is 348 g/mol. The van der Waals surface area contributed by atoms with Gasteiger partial charge in [0.2, 0.25) is 0 Å². The first kappa shape index (κ1) is 21.0. The van der Waals surface area contributed by atoms with Crippen LogP contribution in [0, 0.1) is 18.3 Å². The average Bonchev–Trinajstić information content (AvgIpc) is 2.82. The minimum absolute atomic E-state index is 0.216. The fourth-order valence-corrected chi connectivity index (χ4v) is 2.70. The van der Waals surface area contributed by atoms with Crippen LogP contribution in [0.5, 0.6) is 0 Å². The molecule has 140 valence electrons. The highest BCUT2D eigenvalue weighted by Crippen LogP contribution is 2.19. The summed E-state index contributed by atoms with van der Waals surface area (Å²) < 4.78 is 7.22. The molecule has 1 amide bonds. The van der Waals surface area contributed by atoms with Crippen molar-refractivity contribution in [1.82, 2.24) is 15.2 Å². The van der Waals surface area contributed by atoms with Gasteiger partial charge in [-0.2, -0.15) is 5.26 Å². The van der Waals surface area contributed by atoms with Gasteiger partial charge in [-0.1, -0.05) is 13.8 Å². The fraction of sp³-hybridized carbons (Fsp3) is 0.684. The standard InChI is InChI=1S/C19H32N4O2/c1-8-19(9-2,13-21-17(24)25-18(4,5)6)22-12-15-10-16(11-20)23(7)14(15)3/h10,22H,8-9,12-13H2,1-7H3,(H,21,24). The Bertz CT molecular complexity index is 631. The second-order valence-corrected chi connectivity index (χ2v) is 7.51. The topological polar surface area (TPSA) is 79.1 Å². The van der Waals surface area contributed by atoms with E-state index < -0.39 is 11.7 Å². The number of alkyl carbamates (subject to hydrolysis) is 1. The highest BCUT2D eigenvalue weighted by molar-refractivity contribution is 5.67. The van der Waals surface area contributed by atoms with Crippen molar-refractivity contribution >= 4 is 6.09 Å². The minimum atomic E-state index is -0.507. The molecule has 0 unspecified atom stereocenters. The summed E-state index contributed by atoms with van der Waals surface area (Å²) in [5, 5.41) is 15.6. The smallest absolute Gasteiger partial charge is 0.407 e. The quantitative estimate of drug-likeness (QED) is 0.792. The van der Waals surface area contributed by atoms with E-state index in [9.17, 15) is 4.79 Å². The summed E-state index contributed by atoms with van der Waals surface area (Å²) in [6.45, 7) is 12.9. The molecule has 1 aromatic heterocycles. The second kappa shape index (κ2) is 8.39. The maximum absolute atomic E-state index is 12.0. The summed E-state index contributed by atoms with van der Waals surface area (Å²) in [5.41, 5.74) is 2.10. The second-order valence-electron chi connectivity index (χ2n) is 7.51. The normalized spacial score (nSPS) is 11.9. The number of carbonyl (C=O) groups excluding carboxylic acids is 1. The number of nitrogens with one attached hydrogen (secondary N) is 2. The van der Waals surface area contributed by atoms with Gasteiger partial charge in [0.15, 0.2) is 0 Å². The first-order valence-electron chi connectivity index (χ1n) is 8.84. The van der Waals surface area contributed by atoms with Gasteiger partial charge in [0.05, 0.1) is 0 Å². The number of nitriles is 1. The molecule has 0 atom stereocenters. The van der Waals surface area contributed by atoms with E-state index in [4.69, 9.17) is 10.00 Å². The molecule has 0 aromatic carbocycles. The maximum atomic E-state index is 12.0. The number of aromatic nitrogens is 1. The summed E-state index contributed by atoms with van der Waals surface area (Å²) in [6.07, 6.45) is 1.34.